The topological polar surface area (TPSA) is 83.8 Å². The molecule has 0 bridgehead atoms. The first kappa shape index (κ1) is 24.2. The van der Waals surface area contributed by atoms with Crippen LogP contribution >= 0.6 is 0 Å². The predicted octanol–water partition coefficient (Wildman–Crippen LogP) is 3.77. The van der Waals surface area contributed by atoms with Crippen LogP contribution < -0.4 is 9.73 Å². The molecule has 9 heteroatoms. The summed E-state index contributed by atoms with van der Waals surface area (Å²) in [5, 5.41) is 3.99. The van der Waals surface area contributed by atoms with Gasteiger partial charge < -0.3 is 4.57 Å². The fraction of sp³-hybridized carbons (Fsp3) is 0.250. The van der Waals surface area contributed by atoms with Crippen LogP contribution in [0.25, 0.3) is 5.69 Å². The van der Waals surface area contributed by atoms with Crippen molar-refractivity contribution < 1.29 is 17.6 Å². The minimum absolute atomic E-state index is 0.344. The molecule has 3 rings (SSSR count). The second-order valence-electron chi connectivity index (χ2n) is 7.97. The molecule has 0 fully saturated rings. The molecule has 0 atom stereocenters. The molecule has 0 spiro atoms. The average Bonchev–Trinajstić information content (AvgIpc) is 3.01. The van der Waals surface area contributed by atoms with Gasteiger partial charge in [0.05, 0.1) is 23.8 Å². The van der Waals surface area contributed by atoms with Gasteiger partial charge in [-0.25, -0.2) is 18.2 Å². The Balaban J connectivity index is 1.78. The van der Waals surface area contributed by atoms with Gasteiger partial charge in [-0.15, -0.1) is 0 Å². The van der Waals surface area contributed by atoms with E-state index in [-0.39, 0.29) is 5.82 Å². The number of amides is 1. The SMILES string of the molecule is Cc1ccc(C)c(N(CC(=O)N/N=C\c2cc(C)n(-c3ccccc3F)c2C)S(C)(=O)=O)c1. The van der Waals surface area contributed by atoms with Crippen molar-refractivity contribution in [1.82, 2.24) is 9.99 Å². The first-order valence-corrected chi connectivity index (χ1v) is 12.1. The van der Waals surface area contributed by atoms with Gasteiger partial charge in [0.2, 0.25) is 10.0 Å². The van der Waals surface area contributed by atoms with Crippen LogP contribution in [-0.2, 0) is 14.8 Å². The molecule has 0 saturated carbocycles. The molecule has 1 N–H and O–H groups in total. The number of carbonyl (C=O) groups is 1. The van der Waals surface area contributed by atoms with Crippen molar-refractivity contribution in [2.45, 2.75) is 27.7 Å². The Kier molecular flexibility index (Phi) is 7.02. The van der Waals surface area contributed by atoms with E-state index in [2.05, 4.69) is 10.5 Å². The first-order chi connectivity index (χ1) is 15.5. The highest BCUT2D eigenvalue weighted by Crippen LogP contribution is 2.24. The van der Waals surface area contributed by atoms with Crippen LogP contribution in [0.2, 0.25) is 0 Å². The average molecular weight is 471 g/mol. The molecule has 1 heterocycles. The molecule has 174 valence electrons. The molecule has 0 unspecified atom stereocenters. The smallest absolute Gasteiger partial charge is 0.260 e. The van der Waals surface area contributed by atoms with Crippen LogP contribution in [0.3, 0.4) is 0 Å². The van der Waals surface area contributed by atoms with Crippen molar-refractivity contribution in [3.63, 3.8) is 0 Å². The van der Waals surface area contributed by atoms with Gasteiger partial charge in [-0.05, 0) is 63.1 Å². The van der Waals surface area contributed by atoms with E-state index in [1.807, 2.05) is 39.0 Å². The van der Waals surface area contributed by atoms with Crippen LogP contribution in [0, 0.1) is 33.5 Å². The van der Waals surface area contributed by atoms with Crippen molar-refractivity contribution in [2.75, 3.05) is 17.1 Å². The molecule has 0 aliphatic carbocycles. The summed E-state index contributed by atoms with van der Waals surface area (Å²) >= 11 is 0. The number of aryl methyl sites for hydroxylation is 3. The fourth-order valence-corrected chi connectivity index (χ4v) is 4.54. The third kappa shape index (κ3) is 5.48. The number of hydrazone groups is 1. The van der Waals surface area contributed by atoms with E-state index in [1.54, 1.807) is 35.8 Å². The second-order valence-corrected chi connectivity index (χ2v) is 9.87. The van der Waals surface area contributed by atoms with Gasteiger partial charge in [-0.3, -0.25) is 9.10 Å². The minimum atomic E-state index is -3.69. The number of nitrogens with zero attached hydrogens (tertiary/aromatic N) is 3. The maximum atomic E-state index is 14.2. The van der Waals surface area contributed by atoms with Crippen LogP contribution in [0.4, 0.5) is 10.1 Å². The summed E-state index contributed by atoms with van der Waals surface area (Å²) in [6, 6.07) is 13.7. The summed E-state index contributed by atoms with van der Waals surface area (Å²) in [5.74, 6) is -0.927. The summed E-state index contributed by atoms with van der Waals surface area (Å²) in [6.45, 7) is 6.91. The molecule has 33 heavy (non-hydrogen) atoms. The summed E-state index contributed by atoms with van der Waals surface area (Å²) in [4.78, 5) is 12.5. The Morgan fingerprint density at radius 2 is 1.82 bits per heavy atom. The fourth-order valence-electron chi connectivity index (χ4n) is 3.63. The molecule has 1 aromatic heterocycles. The molecule has 0 aliphatic rings. The van der Waals surface area contributed by atoms with E-state index in [0.717, 1.165) is 33.1 Å². The van der Waals surface area contributed by atoms with Gasteiger partial charge in [0.1, 0.15) is 12.4 Å². The molecule has 3 aromatic rings. The number of anilines is 1. The van der Waals surface area contributed by atoms with E-state index in [1.165, 1.54) is 12.3 Å². The minimum Gasteiger partial charge on any atom is -0.315 e. The monoisotopic (exact) mass is 470 g/mol. The van der Waals surface area contributed by atoms with E-state index < -0.39 is 22.5 Å². The lowest BCUT2D eigenvalue weighted by molar-refractivity contribution is -0.119. The highest BCUT2D eigenvalue weighted by molar-refractivity contribution is 7.92. The van der Waals surface area contributed by atoms with Gasteiger partial charge in [-0.1, -0.05) is 24.3 Å². The zero-order valence-corrected chi connectivity index (χ0v) is 20.1. The normalized spacial score (nSPS) is 11.7. The third-order valence-corrected chi connectivity index (χ3v) is 6.40. The molecule has 0 radical (unpaired) electrons. The van der Waals surface area contributed by atoms with Crippen molar-refractivity contribution >= 4 is 27.8 Å². The largest absolute Gasteiger partial charge is 0.315 e. The van der Waals surface area contributed by atoms with E-state index in [4.69, 9.17) is 0 Å². The zero-order valence-electron chi connectivity index (χ0n) is 19.3. The molecule has 0 saturated heterocycles. The van der Waals surface area contributed by atoms with Crippen LogP contribution in [-0.4, -0.2) is 37.9 Å². The predicted molar refractivity (Wildman–Crippen MR) is 129 cm³/mol. The number of hydrogen-bond acceptors (Lipinski definition) is 4. The van der Waals surface area contributed by atoms with E-state index >= 15 is 0 Å². The van der Waals surface area contributed by atoms with Crippen LogP contribution in [0.1, 0.15) is 28.1 Å². The Bertz CT molecular complexity index is 1330. The van der Waals surface area contributed by atoms with Gasteiger partial charge in [0.15, 0.2) is 0 Å². The third-order valence-electron chi connectivity index (χ3n) is 5.28. The Hall–Kier alpha value is -3.46. The number of hydrogen-bond donors (Lipinski definition) is 1. The number of nitrogens with one attached hydrogen (secondary N) is 1. The summed E-state index contributed by atoms with van der Waals surface area (Å²) in [6.07, 6.45) is 2.52. The summed E-state index contributed by atoms with van der Waals surface area (Å²) < 4.78 is 41.8. The van der Waals surface area contributed by atoms with Gasteiger partial charge >= 0.3 is 0 Å². The highest BCUT2D eigenvalue weighted by Gasteiger charge is 2.22. The molecule has 1 amide bonds. The number of para-hydroxylation sites is 1. The lowest BCUT2D eigenvalue weighted by atomic mass is 10.1. The van der Waals surface area contributed by atoms with Gasteiger partial charge in [0, 0.05) is 17.0 Å². The molecular formula is C24H27FN4O3S. The van der Waals surface area contributed by atoms with Crippen molar-refractivity contribution in [2.24, 2.45) is 5.10 Å². The van der Waals surface area contributed by atoms with Crippen molar-refractivity contribution in [3.8, 4) is 5.69 Å². The zero-order chi connectivity index (χ0) is 24.3. The molecule has 2 aromatic carbocycles. The maximum Gasteiger partial charge on any atom is 0.260 e. The Morgan fingerprint density at radius 1 is 1.12 bits per heavy atom. The quantitative estimate of drug-likeness (QED) is 0.422. The number of benzene rings is 2. The number of halogens is 1. The van der Waals surface area contributed by atoms with Crippen LogP contribution in [0.15, 0.2) is 53.6 Å². The second kappa shape index (κ2) is 9.58. The lowest BCUT2D eigenvalue weighted by Gasteiger charge is -2.23. The summed E-state index contributed by atoms with van der Waals surface area (Å²) in [7, 11) is -3.69. The van der Waals surface area contributed by atoms with E-state index in [0.29, 0.717) is 16.9 Å². The van der Waals surface area contributed by atoms with Crippen molar-refractivity contribution in [1.29, 1.82) is 0 Å². The molecule has 0 aliphatic heterocycles. The summed E-state index contributed by atoms with van der Waals surface area (Å²) in [5.41, 5.74) is 7.14. The number of sulfonamides is 1. The number of aromatic nitrogens is 1. The molecule has 7 nitrogen and oxygen atoms in total. The Labute approximate surface area is 193 Å². The highest BCUT2D eigenvalue weighted by atomic mass is 32.2. The molecular weight excluding hydrogens is 443 g/mol. The number of carbonyl (C=O) groups excluding carboxylic acids is 1. The first-order valence-electron chi connectivity index (χ1n) is 10.3. The lowest BCUT2D eigenvalue weighted by Crippen LogP contribution is -2.39. The van der Waals surface area contributed by atoms with Gasteiger partial charge in [-0.2, -0.15) is 5.10 Å². The number of rotatable bonds is 7. The van der Waals surface area contributed by atoms with Crippen molar-refractivity contribution in [3.05, 3.63) is 82.4 Å². The Morgan fingerprint density at radius 3 is 2.48 bits per heavy atom. The maximum absolute atomic E-state index is 14.2. The van der Waals surface area contributed by atoms with Crippen LogP contribution in [0.5, 0.6) is 0 Å². The van der Waals surface area contributed by atoms with Gasteiger partial charge in [0.25, 0.3) is 5.91 Å². The standard InChI is InChI=1S/C24H27FN4O3S/c1-16-10-11-17(2)23(12-16)28(33(5,31)32)15-24(30)27-26-14-20-13-18(3)29(19(20)4)22-9-7-6-8-21(22)25/h6-14H,15H2,1-5H3,(H,27,30)/b26-14-. The van der Waals surface area contributed by atoms with E-state index in [9.17, 15) is 17.6 Å².